The maximum atomic E-state index is 12.4. The molecule has 1 aliphatic carbocycles. The van der Waals surface area contributed by atoms with Gasteiger partial charge in [0.2, 0.25) is 0 Å². The monoisotopic (exact) mass is 384 g/mol. The molecule has 0 aliphatic heterocycles. The van der Waals surface area contributed by atoms with Crippen LogP contribution in [-0.4, -0.2) is 20.4 Å². The lowest BCUT2D eigenvalue weighted by Crippen LogP contribution is -2.25. The molecule has 1 saturated carbocycles. The molecule has 2 aromatic rings. The number of carbonyl (C=O) groups excluding carboxylic acids is 1. The van der Waals surface area contributed by atoms with Crippen LogP contribution in [0.3, 0.4) is 0 Å². The van der Waals surface area contributed by atoms with Crippen LogP contribution in [0.15, 0.2) is 47.4 Å². The number of sulfonamides is 1. The highest BCUT2D eigenvalue weighted by molar-refractivity contribution is 7.92. The SMILES string of the molecule is O=C(NC1CC1)c1ccc(S(=O)(=O)Nc2c(Cl)cccc2Cl)cc1. The van der Waals surface area contributed by atoms with Gasteiger partial charge < -0.3 is 5.32 Å². The minimum atomic E-state index is -3.86. The molecule has 126 valence electrons. The molecule has 0 spiro atoms. The highest BCUT2D eigenvalue weighted by Gasteiger charge is 2.24. The Morgan fingerprint density at radius 2 is 1.58 bits per heavy atom. The number of amides is 1. The molecule has 0 saturated heterocycles. The molecule has 8 heteroatoms. The first kappa shape index (κ1) is 17.1. The summed E-state index contributed by atoms with van der Waals surface area (Å²) in [6.07, 6.45) is 1.97. The third-order valence-corrected chi connectivity index (χ3v) is 5.53. The van der Waals surface area contributed by atoms with Gasteiger partial charge in [0, 0.05) is 11.6 Å². The molecule has 2 N–H and O–H groups in total. The molecule has 0 radical (unpaired) electrons. The Hall–Kier alpha value is -1.76. The van der Waals surface area contributed by atoms with E-state index in [2.05, 4.69) is 10.0 Å². The van der Waals surface area contributed by atoms with Crippen molar-refractivity contribution >= 4 is 44.8 Å². The summed E-state index contributed by atoms with van der Waals surface area (Å²) < 4.78 is 27.3. The molecule has 0 bridgehead atoms. The maximum absolute atomic E-state index is 12.4. The zero-order chi connectivity index (χ0) is 17.3. The summed E-state index contributed by atoms with van der Waals surface area (Å²) in [5.41, 5.74) is 0.535. The molecular weight excluding hydrogens is 371 g/mol. The Labute approximate surface area is 150 Å². The Morgan fingerprint density at radius 3 is 2.12 bits per heavy atom. The molecule has 24 heavy (non-hydrogen) atoms. The Morgan fingerprint density at radius 1 is 1.00 bits per heavy atom. The second kappa shape index (κ2) is 6.63. The van der Waals surface area contributed by atoms with Crippen LogP contribution in [0.25, 0.3) is 0 Å². The lowest BCUT2D eigenvalue weighted by Gasteiger charge is -2.11. The van der Waals surface area contributed by atoms with Crippen molar-refractivity contribution in [3.63, 3.8) is 0 Å². The molecule has 1 amide bonds. The van der Waals surface area contributed by atoms with E-state index in [4.69, 9.17) is 23.2 Å². The second-order valence-corrected chi connectivity index (χ2v) is 7.97. The summed E-state index contributed by atoms with van der Waals surface area (Å²) >= 11 is 12.0. The first-order valence-electron chi connectivity index (χ1n) is 7.24. The third-order valence-electron chi connectivity index (χ3n) is 3.54. The fourth-order valence-electron chi connectivity index (χ4n) is 2.07. The van der Waals surface area contributed by atoms with Crippen LogP contribution >= 0.6 is 23.2 Å². The standard InChI is InChI=1S/C16H14Cl2N2O3S/c17-13-2-1-3-14(18)15(13)20-24(22,23)12-8-4-10(5-9-12)16(21)19-11-6-7-11/h1-5,8-9,11,20H,6-7H2,(H,19,21). The van der Waals surface area contributed by atoms with Gasteiger partial charge in [-0.3, -0.25) is 9.52 Å². The number of nitrogens with one attached hydrogen (secondary N) is 2. The molecule has 1 fully saturated rings. The summed E-state index contributed by atoms with van der Waals surface area (Å²) in [7, 11) is -3.86. The third kappa shape index (κ3) is 3.83. The number of carbonyl (C=O) groups is 1. The van der Waals surface area contributed by atoms with Crippen LogP contribution in [0.5, 0.6) is 0 Å². The fourth-order valence-corrected chi connectivity index (χ4v) is 3.78. The van der Waals surface area contributed by atoms with Crippen LogP contribution < -0.4 is 10.0 Å². The predicted molar refractivity (Wildman–Crippen MR) is 94.2 cm³/mol. The van der Waals surface area contributed by atoms with Crippen LogP contribution in [0.2, 0.25) is 10.0 Å². The molecule has 0 atom stereocenters. The van der Waals surface area contributed by atoms with E-state index in [1.54, 1.807) is 6.07 Å². The highest BCUT2D eigenvalue weighted by atomic mass is 35.5. The fraction of sp³-hybridized carbons (Fsp3) is 0.188. The quantitative estimate of drug-likeness (QED) is 0.825. The van der Waals surface area contributed by atoms with Crippen molar-refractivity contribution in [1.82, 2.24) is 5.32 Å². The van der Waals surface area contributed by atoms with Gasteiger partial charge in [0.15, 0.2) is 0 Å². The number of hydrogen-bond acceptors (Lipinski definition) is 3. The number of para-hydroxylation sites is 1. The molecule has 5 nitrogen and oxygen atoms in total. The van der Waals surface area contributed by atoms with E-state index in [-0.39, 0.29) is 32.6 Å². The van der Waals surface area contributed by atoms with Crippen LogP contribution in [0.1, 0.15) is 23.2 Å². The normalized spacial score (nSPS) is 14.2. The van der Waals surface area contributed by atoms with Gasteiger partial charge in [-0.2, -0.15) is 0 Å². The van der Waals surface area contributed by atoms with Gasteiger partial charge in [0.05, 0.1) is 20.6 Å². The second-order valence-electron chi connectivity index (χ2n) is 5.47. The van der Waals surface area contributed by atoms with Crippen LogP contribution in [-0.2, 0) is 10.0 Å². The van der Waals surface area contributed by atoms with E-state index in [0.29, 0.717) is 5.56 Å². The zero-order valence-corrected chi connectivity index (χ0v) is 14.8. The zero-order valence-electron chi connectivity index (χ0n) is 12.4. The van der Waals surface area contributed by atoms with E-state index >= 15 is 0 Å². The van der Waals surface area contributed by atoms with E-state index < -0.39 is 10.0 Å². The minimum Gasteiger partial charge on any atom is -0.349 e. The number of anilines is 1. The lowest BCUT2D eigenvalue weighted by atomic mass is 10.2. The first-order valence-corrected chi connectivity index (χ1v) is 9.48. The average molecular weight is 385 g/mol. The van der Waals surface area contributed by atoms with Crippen LogP contribution in [0, 0.1) is 0 Å². The largest absolute Gasteiger partial charge is 0.349 e. The molecule has 0 unspecified atom stereocenters. The van der Waals surface area contributed by atoms with Gasteiger partial charge in [-0.05, 0) is 49.2 Å². The number of hydrogen-bond donors (Lipinski definition) is 2. The molecule has 1 aliphatic rings. The maximum Gasteiger partial charge on any atom is 0.261 e. The van der Waals surface area contributed by atoms with Gasteiger partial charge in [0.1, 0.15) is 0 Å². The van der Waals surface area contributed by atoms with Crippen LogP contribution in [0.4, 0.5) is 5.69 Å². The molecular formula is C16H14Cl2N2O3S. The number of halogens is 2. The highest BCUT2D eigenvalue weighted by Crippen LogP contribution is 2.31. The first-order chi connectivity index (χ1) is 11.4. The van der Waals surface area contributed by atoms with Crippen molar-refractivity contribution in [2.24, 2.45) is 0 Å². The van der Waals surface area contributed by atoms with Gasteiger partial charge in [0.25, 0.3) is 15.9 Å². The van der Waals surface area contributed by atoms with Crippen molar-refractivity contribution < 1.29 is 13.2 Å². The van der Waals surface area contributed by atoms with E-state index in [1.807, 2.05) is 0 Å². The summed E-state index contributed by atoms with van der Waals surface area (Å²) in [6, 6.07) is 10.6. The van der Waals surface area contributed by atoms with E-state index in [0.717, 1.165) is 12.8 Å². The smallest absolute Gasteiger partial charge is 0.261 e. The summed E-state index contributed by atoms with van der Waals surface area (Å²) in [4.78, 5) is 11.9. The summed E-state index contributed by atoms with van der Waals surface area (Å²) in [5.74, 6) is -0.205. The molecule has 0 heterocycles. The molecule has 3 rings (SSSR count). The minimum absolute atomic E-state index is 0.0152. The average Bonchev–Trinajstić information content (AvgIpc) is 3.35. The lowest BCUT2D eigenvalue weighted by molar-refractivity contribution is 0.0951. The molecule has 2 aromatic carbocycles. The Kier molecular flexibility index (Phi) is 4.71. The summed E-state index contributed by atoms with van der Waals surface area (Å²) in [5, 5.41) is 3.25. The van der Waals surface area contributed by atoms with E-state index in [9.17, 15) is 13.2 Å². The van der Waals surface area contributed by atoms with E-state index in [1.165, 1.54) is 36.4 Å². The van der Waals surface area contributed by atoms with Gasteiger partial charge >= 0.3 is 0 Å². The summed E-state index contributed by atoms with van der Waals surface area (Å²) in [6.45, 7) is 0. The number of rotatable bonds is 5. The van der Waals surface area contributed by atoms with Gasteiger partial charge in [-0.1, -0.05) is 29.3 Å². The molecule has 0 aromatic heterocycles. The van der Waals surface area contributed by atoms with Crippen molar-refractivity contribution in [2.75, 3.05) is 4.72 Å². The van der Waals surface area contributed by atoms with Crippen molar-refractivity contribution in [3.05, 3.63) is 58.1 Å². The van der Waals surface area contributed by atoms with Crippen molar-refractivity contribution in [3.8, 4) is 0 Å². The van der Waals surface area contributed by atoms with Crippen molar-refractivity contribution in [1.29, 1.82) is 0 Å². The number of benzene rings is 2. The van der Waals surface area contributed by atoms with Gasteiger partial charge in [-0.25, -0.2) is 8.42 Å². The van der Waals surface area contributed by atoms with Crippen molar-refractivity contribution in [2.45, 2.75) is 23.8 Å². The van der Waals surface area contributed by atoms with Gasteiger partial charge in [-0.15, -0.1) is 0 Å². The Bertz CT molecular complexity index is 858. The predicted octanol–water partition coefficient (Wildman–Crippen LogP) is 3.69. The Balaban J connectivity index is 1.80. The topological polar surface area (TPSA) is 75.3 Å².